The molecule has 2 aromatic carbocycles. The fourth-order valence-electron chi connectivity index (χ4n) is 2.51. The van der Waals surface area contributed by atoms with Crippen molar-refractivity contribution in [1.29, 1.82) is 0 Å². The Hall–Kier alpha value is -2.69. The first-order valence-electron chi connectivity index (χ1n) is 7.79. The van der Waals surface area contributed by atoms with Gasteiger partial charge in [0.15, 0.2) is 0 Å². The highest BCUT2D eigenvalue weighted by atomic mass is 35.5. The van der Waals surface area contributed by atoms with E-state index in [2.05, 4.69) is 10.0 Å². The van der Waals surface area contributed by atoms with E-state index in [9.17, 15) is 23.3 Å². The fourth-order valence-corrected chi connectivity index (χ4v) is 3.95. The molecular formula is C16H14ClN3O6S. The van der Waals surface area contributed by atoms with E-state index in [4.69, 9.17) is 16.3 Å². The topological polar surface area (TPSA) is 128 Å². The van der Waals surface area contributed by atoms with E-state index in [1.807, 2.05) is 0 Å². The van der Waals surface area contributed by atoms with Gasteiger partial charge in [-0.1, -0.05) is 17.7 Å². The van der Waals surface area contributed by atoms with Gasteiger partial charge in [0.05, 0.1) is 14.8 Å². The molecule has 3 rings (SSSR count). The zero-order chi connectivity index (χ0) is 19.6. The minimum absolute atomic E-state index is 0.0508. The molecule has 0 aliphatic carbocycles. The molecule has 0 aromatic heterocycles. The van der Waals surface area contributed by atoms with Crippen LogP contribution >= 0.6 is 11.6 Å². The average Bonchev–Trinajstić information content (AvgIpc) is 3.01. The van der Waals surface area contributed by atoms with E-state index in [0.29, 0.717) is 13.0 Å². The third-order valence-electron chi connectivity index (χ3n) is 3.84. The Labute approximate surface area is 159 Å². The number of amides is 1. The second-order valence-electron chi connectivity index (χ2n) is 5.67. The number of nitro benzene ring substituents is 1. The number of carbonyl (C=O) groups excluding carboxylic acids is 1. The van der Waals surface area contributed by atoms with Gasteiger partial charge >= 0.3 is 5.69 Å². The third kappa shape index (κ3) is 4.18. The molecule has 1 aliphatic heterocycles. The molecule has 27 heavy (non-hydrogen) atoms. The first-order chi connectivity index (χ1) is 12.8. The first kappa shape index (κ1) is 19.1. The Morgan fingerprint density at radius 1 is 1.22 bits per heavy atom. The van der Waals surface area contributed by atoms with E-state index in [1.54, 1.807) is 0 Å². The zero-order valence-corrected chi connectivity index (χ0v) is 15.3. The Balaban J connectivity index is 1.80. The number of carbonyl (C=O) groups is 1. The highest BCUT2D eigenvalue weighted by molar-refractivity contribution is 7.89. The molecule has 9 nitrogen and oxygen atoms in total. The Morgan fingerprint density at radius 3 is 2.52 bits per heavy atom. The van der Waals surface area contributed by atoms with E-state index in [1.165, 1.54) is 42.5 Å². The summed E-state index contributed by atoms with van der Waals surface area (Å²) in [6, 6.07) is 8.54. The van der Waals surface area contributed by atoms with Crippen LogP contribution in [0, 0.1) is 10.1 Å². The smallest absolute Gasteiger partial charge is 0.313 e. The number of nitrogens with one attached hydrogen (secondary N) is 2. The summed E-state index contributed by atoms with van der Waals surface area (Å²) in [4.78, 5) is 21.9. The number of ether oxygens (including phenoxy) is 1. The van der Waals surface area contributed by atoms with Crippen molar-refractivity contribution < 1.29 is 22.9 Å². The van der Waals surface area contributed by atoms with Crippen LogP contribution < -0.4 is 14.8 Å². The van der Waals surface area contributed by atoms with Gasteiger partial charge in [-0.2, -0.15) is 4.72 Å². The molecule has 1 atom stereocenters. The van der Waals surface area contributed by atoms with Gasteiger partial charge in [-0.3, -0.25) is 14.9 Å². The normalized spacial score (nSPS) is 16.8. The highest BCUT2D eigenvalue weighted by Gasteiger charge is 2.29. The molecule has 0 saturated carbocycles. The van der Waals surface area contributed by atoms with Gasteiger partial charge in [-0.15, -0.1) is 0 Å². The lowest BCUT2D eigenvalue weighted by Gasteiger charge is -2.12. The molecule has 0 unspecified atom stereocenters. The number of sulfonamides is 1. The minimum Gasteiger partial charge on any atom is -0.449 e. The maximum atomic E-state index is 12.4. The summed E-state index contributed by atoms with van der Waals surface area (Å²) in [5, 5.41) is 13.7. The van der Waals surface area contributed by atoms with E-state index >= 15 is 0 Å². The lowest BCUT2D eigenvalue weighted by molar-refractivity contribution is -0.385. The van der Waals surface area contributed by atoms with Crippen molar-refractivity contribution in [1.82, 2.24) is 10.0 Å². The number of halogens is 1. The molecule has 2 N–H and O–H groups in total. The summed E-state index contributed by atoms with van der Waals surface area (Å²) in [5.74, 6) is -0.339. The van der Waals surface area contributed by atoms with Gasteiger partial charge in [0.1, 0.15) is 11.8 Å². The molecule has 142 valence electrons. The monoisotopic (exact) mass is 411 g/mol. The summed E-state index contributed by atoms with van der Waals surface area (Å²) >= 11 is 5.96. The standard InChI is InChI=1S/C16H14ClN3O6S/c17-12-2-1-3-14(20(22)23)15(12)26-10-4-6-11(7-5-10)27(24,25)19-13-8-9-18-16(13)21/h1-7,13,19H,8-9H2,(H,18,21)/t13-/m0/s1. The molecule has 2 aromatic rings. The number of nitro groups is 1. The van der Waals surface area contributed by atoms with Crippen LogP contribution in [0.1, 0.15) is 6.42 Å². The quantitative estimate of drug-likeness (QED) is 0.554. The minimum atomic E-state index is -3.90. The number of nitrogens with zero attached hydrogens (tertiary/aromatic N) is 1. The Morgan fingerprint density at radius 2 is 1.93 bits per heavy atom. The summed E-state index contributed by atoms with van der Waals surface area (Å²) in [7, 11) is -3.90. The van der Waals surface area contributed by atoms with Crippen LogP contribution in [0.2, 0.25) is 5.02 Å². The number of hydrogen-bond acceptors (Lipinski definition) is 6. The number of benzene rings is 2. The average molecular weight is 412 g/mol. The van der Waals surface area contributed by atoms with Gasteiger partial charge < -0.3 is 10.1 Å². The summed E-state index contributed by atoms with van der Waals surface area (Å²) < 4.78 is 32.5. The second-order valence-corrected chi connectivity index (χ2v) is 7.79. The van der Waals surface area contributed by atoms with Crippen molar-refractivity contribution in [3.63, 3.8) is 0 Å². The van der Waals surface area contributed by atoms with Crippen LogP contribution in [0.3, 0.4) is 0 Å². The van der Waals surface area contributed by atoms with Crippen LogP contribution in [0.15, 0.2) is 47.4 Å². The molecule has 1 fully saturated rings. The molecule has 0 radical (unpaired) electrons. The molecule has 1 amide bonds. The van der Waals surface area contributed by atoms with E-state index in [-0.39, 0.29) is 33.0 Å². The van der Waals surface area contributed by atoms with Crippen LogP contribution in [-0.2, 0) is 14.8 Å². The molecule has 0 bridgehead atoms. The molecule has 1 heterocycles. The second kappa shape index (κ2) is 7.51. The summed E-state index contributed by atoms with van der Waals surface area (Å²) in [5.41, 5.74) is -0.312. The van der Waals surface area contributed by atoms with Crippen molar-refractivity contribution in [3.8, 4) is 11.5 Å². The zero-order valence-electron chi connectivity index (χ0n) is 13.7. The molecule has 1 aliphatic rings. The summed E-state index contributed by atoms with van der Waals surface area (Å²) in [6.45, 7) is 0.412. The van der Waals surface area contributed by atoms with E-state index < -0.39 is 21.0 Å². The lowest BCUT2D eigenvalue weighted by Crippen LogP contribution is -2.40. The van der Waals surface area contributed by atoms with Gasteiger partial charge in [0.2, 0.25) is 21.7 Å². The number of para-hydroxylation sites is 1. The van der Waals surface area contributed by atoms with Gasteiger partial charge in [-0.05, 0) is 36.8 Å². The van der Waals surface area contributed by atoms with Crippen LogP contribution in [-0.4, -0.2) is 31.8 Å². The third-order valence-corrected chi connectivity index (χ3v) is 5.63. The predicted molar refractivity (Wildman–Crippen MR) is 96.4 cm³/mol. The van der Waals surface area contributed by atoms with Gasteiger partial charge in [0.25, 0.3) is 0 Å². The first-order valence-corrected chi connectivity index (χ1v) is 9.65. The van der Waals surface area contributed by atoms with Crippen molar-refractivity contribution in [2.24, 2.45) is 0 Å². The van der Waals surface area contributed by atoms with Crippen molar-refractivity contribution in [2.75, 3.05) is 6.54 Å². The van der Waals surface area contributed by atoms with Crippen molar-refractivity contribution in [2.45, 2.75) is 17.4 Å². The van der Waals surface area contributed by atoms with Gasteiger partial charge in [-0.25, -0.2) is 8.42 Å². The largest absolute Gasteiger partial charge is 0.449 e. The molecule has 11 heteroatoms. The van der Waals surface area contributed by atoms with Crippen LogP contribution in [0.4, 0.5) is 5.69 Å². The SMILES string of the molecule is O=C1NCC[C@@H]1NS(=O)(=O)c1ccc(Oc2c(Cl)cccc2[N+](=O)[O-])cc1. The highest BCUT2D eigenvalue weighted by Crippen LogP contribution is 2.37. The fraction of sp³-hybridized carbons (Fsp3) is 0.188. The predicted octanol–water partition coefficient (Wildman–Crippen LogP) is 2.21. The van der Waals surface area contributed by atoms with Crippen molar-refractivity contribution >= 4 is 33.2 Å². The molecular weight excluding hydrogens is 398 g/mol. The molecule has 1 saturated heterocycles. The summed E-state index contributed by atoms with van der Waals surface area (Å²) in [6.07, 6.45) is 0.370. The lowest BCUT2D eigenvalue weighted by atomic mass is 10.3. The maximum absolute atomic E-state index is 12.4. The van der Waals surface area contributed by atoms with E-state index in [0.717, 1.165) is 0 Å². The van der Waals surface area contributed by atoms with Crippen molar-refractivity contribution in [3.05, 3.63) is 57.6 Å². The molecule has 0 spiro atoms. The maximum Gasteiger partial charge on any atom is 0.313 e. The number of hydrogen-bond donors (Lipinski definition) is 2. The van der Waals surface area contributed by atoms with Crippen LogP contribution in [0.25, 0.3) is 0 Å². The Bertz CT molecular complexity index is 994. The van der Waals surface area contributed by atoms with Gasteiger partial charge in [0, 0.05) is 12.6 Å². The number of rotatable bonds is 6. The van der Waals surface area contributed by atoms with Crippen LogP contribution in [0.5, 0.6) is 11.5 Å². The Kier molecular flexibility index (Phi) is 5.31.